The fourth-order valence-corrected chi connectivity index (χ4v) is 2.25. The minimum Gasteiger partial charge on any atom is -0.479 e. The molecule has 0 aliphatic heterocycles. The van der Waals surface area contributed by atoms with Gasteiger partial charge in [-0.05, 0) is 42.7 Å². The highest BCUT2D eigenvalue weighted by atomic mass is 32.2. The molecule has 2 aromatic rings. The van der Waals surface area contributed by atoms with Gasteiger partial charge >= 0.3 is 5.97 Å². The van der Waals surface area contributed by atoms with Gasteiger partial charge in [0.25, 0.3) is 0 Å². The third kappa shape index (κ3) is 2.33. The number of hydrogen-bond acceptors (Lipinski definition) is 5. The van der Waals surface area contributed by atoms with Crippen LogP contribution < -0.4 is 0 Å². The maximum Gasteiger partial charge on any atom is 0.331 e. The van der Waals surface area contributed by atoms with Gasteiger partial charge < -0.3 is 5.11 Å². The van der Waals surface area contributed by atoms with Gasteiger partial charge in [-0.3, -0.25) is 0 Å². The molecule has 0 spiro atoms. The third-order valence-corrected chi connectivity index (χ3v) is 3.67. The second kappa shape index (κ2) is 5.00. The zero-order valence-electron chi connectivity index (χ0n) is 10.9. The Morgan fingerprint density at radius 2 is 2.05 bits per heavy atom. The van der Waals surface area contributed by atoms with Crippen molar-refractivity contribution in [1.29, 1.82) is 0 Å². The van der Waals surface area contributed by atoms with Crippen LogP contribution >= 0.6 is 11.8 Å². The average Bonchev–Trinajstić information content (AvgIpc) is 2.88. The summed E-state index contributed by atoms with van der Waals surface area (Å²) in [4.78, 5) is 12.3. The number of carboxylic acids is 1. The molecule has 6 nitrogen and oxygen atoms in total. The van der Waals surface area contributed by atoms with Crippen molar-refractivity contribution in [3.8, 4) is 11.4 Å². The van der Waals surface area contributed by atoms with Crippen molar-refractivity contribution in [1.82, 2.24) is 20.2 Å². The van der Waals surface area contributed by atoms with Crippen molar-refractivity contribution in [2.24, 2.45) is 0 Å². The molecule has 7 heteroatoms. The lowest BCUT2D eigenvalue weighted by atomic mass is 10.1. The molecule has 1 aromatic heterocycles. The summed E-state index contributed by atoms with van der Waals surface area (Å²) in [5.41, 5.74) is -0.376. The molecule has 0 amide bonds. The number of nitrogens with zero attached hydrogens (tertiary/aromatic N) is 4. The quantitative estimate of drug-likeness (QED) is 0.860. The summed E-state index contributed by atoms with van der Waals surface area (Å²) in [6.07, 6.45) is 1.95. The van der Waals surface area contributed by atoms with Gasteiger partial charge in [0.05, 0.1) is 0 Å². The normalized spacial score (nSPS) is 11.5. The summed E-state index contributed by atoms with van der Waals surface area (Å²) in [7, 11) is 0. The van der Waals surface area contributed by atoms with E-state index in [-0.39, 0.29) is 0 Å². The lowest BCUT2D eigenvalue weighted by Gasteiger charge is -2.20. The zero-order chi connectivity index (χ0) is 14.0. The molecule has 1 aromatic carbocycles. The molecule has 0 saturated heterocycles. The Balaban J connectivity index is 2.60. The predicted octanol–water partition coefficient (Wildman–Crippen LogP) is 1.88. The molecule has 0 aliphatic rings. The Hall–Kier alpha value is -1.89. The van der Waals surface area contributed by atoms with Gasteiger partial charge in [-0.15, -0.1) is 16.9 Å². The Kier molecular flexibility index (Phi) is 3.57. The molecule has 0 atom stereocenters. The summed E-state index contributed by atoms with van der Waals surface area (Å²) in [6.45, 7) is 3.13. The highest BCUT2D eigenvalue weighted by Crippen LogP contribution is 2.30. The maximum absolute atomic E-state index is 11.3. The van der Waals surface area contributed by atoms with E-state index in [0.717, 1.165) is 10.5 Å². The summed E-state index contributed by atoms with van der Waals surface area (Å²) < 4.78 is 1.34. The molecule has 2 rings (SSSR count). The van der Waals surface area contributed by atoms with Crippen LogP contribution in [0.15, 0.2) is 29.2 Å². The topological polar surface area (TPSA) is 80.9 Å². The van der Waals surface area contributed by atoms with Crippen LogP contribution in [-0.2, 0) is 10.3 Å². The second-order valence-electron chi connectivity index (χ2n) is 4.48. The molecule has 0 bridgehead atoms. The van der Waals surface area contributed by atoms with Gasteiger partial charge in [-0.2, -0.15) is 0 Å². The Morgan fingerprint density at radius 1 is 1.37 bits per heavy atom. The van der Waals surface area contributed by atoms with E-state index in [1.807, 2.05) is 30.5 Å². The van der Waals surface area contributed by atoms with Gasteiger partial charge in [-0.25, -0.2) is 9.48 Å². The number of benzene rings is 1. The molecule has 0 radical (unpaired) electrons. The van der Waals surface area contributed by atoms with E-state index >= 15 is 0 Å². The maximum atomic E-state index is 11.3. The Bertz CT molecular complexity index is 609. The average molecular weight is 278 g/mol. The smallest absolute Gasteiger partial charge is 0.331 e. The Morgan fingerprint density at radius 3 is 2.68 bits per heavy atom. The second-order valence-corrected chi connectivity index (χ2v) is 5.33. The van der Waals surface area contributed by atoms with Gasteiger partial charge in [0.1, 0.15) is 0 Å². The molecular weight excluding hydrogens is 264 g/mol. The first-order valence-electron chi connectivity index (χ1n) is 5.64. The van der Waals surface area contributed by atoms with Crippen LogP contribution in [-0.4, -0.2) is 37.5 Å². The van der Waals surface area contributed by atoms with E-state index in [0.29, 0.717) is 5.82 Å². The van der Waals surface area contributed by atoms with E-state index < -0.39 is 11.5 Å². The van der Waals surface area contributed by atoms with Crippen molar-refractivity contribution >= 4 is 17.7 Å². The molecule has 1 N–H and O–H groups in total. The van der Waals surface area contributed by atoms with Crippen LogP contribution in [0.1, 0.15) is 13.8 Å². The zero-order valence-corrected chi connectivity index (χ0v) is 11.7. The number of rotatable bonds is 4. The first kappa shape index (κ1) is 13.5. The minimum atomic E-state index is -1.20. The fourth-order valence-electron chi connectivity index (χ4n) is 1.65. The number of tetrazole rings is 1. The SMILES string of the molecule is CSc1ccccc1-c1nnnn1C(C)(C)C(=O)O. The highest BCUT2D eigenvalue weighted by Gasteiger charge is 2.34. The number of thioether (sulfide) groups is 1. The summed E-state index contributed by atoms with van der Waals surface area (Å²) in [5.74, 6) is -0.528. The van der Waals surface area contributed by atoms with Crippen LogP contribution in [0.2, 0.25) is 0 Å². The number of hydrogen-bond donors (Lipinski definition) is 1. The van der Waals surface area contributed by atoms with Gasteiger partial charge in [0, 0.05) is 10.5 Å². The highest BCUT2D eigenvalue weighted by molar-refractivity contribution is 7.98. The van der Waals surface area contributed by atoms with Crippen LogP contribution in [0.3, 0.4) is 0 Å². The van der Waals surface area contributed by atoms with E-state index in [1.54, 1.807) is 25.6 Å². The van der Waals surface area contributed by atoms with E-state index in [1.165, 1.54) is 4.68 Å². The van der Waals surface area contributed by atoms with Gasteiger partial charge in [-0.1, -0.05) is 12.1 Å². The first-order valence-corrected chi connectivity index (χ1v) is 6.86. The van der Waals surface area contributed by atoms with Gasteiger partial charge in [0.15, 0.2) is 11.4 Å². The van der Waals surface area contributed by atoms with E-state index in [4.69, 9.17) is 0 Å². The summed E-state index contributed by atoms with van der Waals surface area (Å²) in [5, 5.41) is 20.7. The fraction of sp³-hybridized carbons (Fsp3) is 0.333. The summed E-state index contributed by atoms with van der Waals surface area (Å²) in [6, 6.07) is 7.63. The van der Waals surface area contributed by atoms with Crippen molar-refractivity contribution in [3.63, 3.8) is 0 Å². The predicted molar refractivity (Wildman–Crippen MR) is 72.0 cm³/mol. The summed E-state index contributed by atoms with van der Waals surface area (Å²) >= 11 is 1.57. The van der Waals surface area contributed by atoms with Crippen LogP contribution in [0.5, 0.6) is 0 Å². The number of aliphatic carboxylic acids is 1. The number of carbonyl (C=O) groups is 1. The minimum absolute atomic E-state index is 0.456. The molecule has 100 valence electrons. The van der Waals surface area contributed by atoms with Crippen molar-refractivity contribution in [2.45, 2.75) is 24.3 Å². The number of carboxylic acid groups (broad SMARTS) is 1. The third-order valence-electron chi connectivity index (χ3n) is 2.87. The van der Waals surface area contributed by atoms with Gasteiger partial charge in [0.2, 0.25) is 0 Å². The molecule has 0 aliphatic carbocycles. The van der Waals surface area contributed by atoms with Crippen molar-refractivity contribution < 1.29 is 9.90 Å². The lowest BCUT2D eigenvalue weighted by molar-refractivity contribution is -0.146. The monoisotopic (exact) mass is 278 g/mol. The largest absolute Gasteiger partial charge is 0.479 e. The number of aromatic nitrogens is 4. The first-order chi connectivity index (χ1) is 8.98. The molecule has 0 unspecified atom stereocenters. The molecular formula is C12H14N4O2S. The molecule has 19 heavy (non-hydrogen) atoms. The van der Waals surface area contributed by atoms with Crippen molar-refractivity contribution in [2.75, 3.05) is 6.26 Å². The van der Waals surface area contributed by atoms with Crippen LogP contribution in [0.4, 0.5) is 0 Å². The molecule has 0 fully saturated rings. The van der Waals surface area contributed by atoms with E-state index in [2.05, 4.69) is 15.5 Å². The molecule has 0 saturated carbocycles. The Labute approximate surface area is 114 Å². The van der Waals surface area contributed by atoms with Crippen LogP contribution in [0.25, 0.3) is 11.4 Å². The molecule has 1 heterocycles. The van der Waals surface area contributed by atoms with Crippen LogP contribution in [0, 0.1) is 0 Å². The van der Waals surface area contributed by atoms with Crippen molar-refractivity contribution in [3.05, 3.63) is 24.3 Å². The van der Waals surface area contributed by atoms with E-state index in [9.17, 15) is 9.90 Å². The lowest BCUT2D eigenvalue weighted by Crippen LogP contribution is -2.37. The standard InChI is InChI=1S/C12H14N4O2S/c1-12(2,11(17)18)16-10(13-14-15-16)8-6-4-5-7-9(8)19-3/h4-7H,1-3H3,(H,17,18).